The predicted molar refractivity (Wildman–Crippen MR) is 33.5 cm³/mol. The van der Waals surface area contributed by atoms with Crippen molar-refractivity contribution in [2.45, 2.75) is 18.9 Å². The highest BCUT2D eigenvalue weighted by molar-refractivity contribution is 6.05. The van der Waals surface area contributed by atoms with E-state index in [-0.39, 0.29) is 0 Å². The lowest BCUT2D eigenvalue weighted by molar-refractivity contribution is 0.248. The van der Waals surface area contributed by atoms with E-state index < -0.39 is 0 Å². The number of rotatable bonds is 1. The molecule has 0 heterocycles. The molecule has 39 valence electrons. The highest BCUT2D eigenvalue weighted by atomic mass is 24.4. The summed E-state index contributed by atoms with van der Waals surface area (Å²) < 4.78 is 0. The summed E-state index contributed by atoms with van der Waals surface area (Å²) in [5.74, 6) is 0.440. The molecule has 7 heavy (non-hydrogen) atoms. The molecule has 0 aromatic carbocycles. The summed E-state index contributed by atoms with van der Waals surface area (Å²) in [6.45, 7) is 4.25. The number of aliphatic hydroxyl groups is 1. The van der Waals surface area contributed by atoms with E-state index in [4.69, 9.17) is 5.11 Å². The summed E-state index contributed by atoms with van der Waals surface area (Å²) in [4.78, 5) is 0. The van der Waals surface area contributed by atoms with Crippen molar-refractivity contribution in [3.05, 3.63) is 0 Å². The molecule has 0 bridgehead atoms. The molecule has 0 aromatic heterocycles. The lowest BCUT2D eigenvalue weighted by Crippen LogP contribution is -1.90. The largest absolute Gasteiger partial charge is 1.41 e. The Morgan fingerprint density at radius 1 is 1.43 bits per heavy atom. The third-order valence-corrected chi connectivity index (χ3v) is 0.365. The molecule has 1 N–H and O–H groups in total. The monoisotopic (exact) mass is 113 g/mol. The number of hydrogen-bond donors (Lipinski definition) is 1. The van der Waals surface area contributed by atoms with Gasteiger partial charge in [0.15, 0.2) is 0 Å². The van der Waals surface area contributed by atoms with Crippen LogP contribution in [-0.2, 0) is 0 Å². The Balaban J connectivity index is 0. The van der Waals surface area contributed by atoms with E-state index in [9.17, 15) is 0 Å². The van der Waals surface area contributed by atoms with Crippen LogP contribution in [0.5, 0.6) is 0 Å². The van der Waals surface area contributed by atoms with E-state index >= 15 is 0 Å². The van der Waals surface area contributed by atoms with Crippen molar-refractivity contribution >= 4 is 21.7 Å². The molecule has 0 saturated carbocycles. The van der Waals surface area contributed by atoms with Gasteiger partial charge in [0.05, 0.1) is 0 Å². The van der Waals surface area contributed by atoms with Crippen LogP contribution in [0, 0.1) is 5.92 Å². The fraction of sp³-hybridized carbons (Fsp3) is 1.00. The zero-order chi connectivity index (χ0) is 6.28. The van der Waals surface area contributed by atoms with Crippen LogP contribution in [0.2, 0.25) is 5.05 Å². The molecule has 0 rings (SSSR count). The van der Waals surface area contributed by atoms with E-state index in [1.807, 2.05) is 40.6 Å². The molecule has 0 unspecified atom stereocenters. The van der Waals surface area contributed by atoms with Gasteiger partial charge in [-0.05, 0) is 5.92 Å². The second-order valence-corrected chi connectivity index (χ2v) is 1.58. The first-order valence-corrected chi connectivity index (χ1v) is 4.00. The van der Waals surface area contributed by atoms with Gasteiger partial charge in [-0.25, -0.2) is 0 Å². The maximum atomic E-state index is 8.14. The molecule has 0 aliphatic rings. The Labute approximate surface area is 58.6 Å². The standard InChI is InChI=1S/C4H10O.CH3.Mg/c1-4(2)3-5;;/h4-5H,3H2,1-2H3;1H3;/q;;+2. The first kappa shape index (κ1) is 10.7. The molecule has 0 aliphatic heterocycles. The first-order chi connectivity index (χ1) is 3.27. The van der Waals surface area contributed by atoms with Crippen LogP contribution in [0.25, 0.3) is 0 Å². The Kier molecular flexibility index (Phi) is 15.0. The lowest BCUT2D eigenvalue weighted by atomic mass is 10.2. The summed E-state index contributed by atoms with van der Waals surface area (Å²) in [5.41, 5.74) is 0. The van der Waals surface area contributed by atoms with Crippen LogP contribution in [0.3, 0.4) is 0 Å². The molecule has 2 heteroatoms. The smallest absolute Gasteiger partial charge is 0.396 e. The molecular formula is C5H13MgO+2. The number of aliphatic hydroxyl groups excluding tert-OH is 1. The molecule has 0 fully saturated rings. The van der Waals surface area contributed by atoms with Crippen molar-refractivity contribution in [3.8, 4) is 0 Å². The van der Waals surface area contributed by atoms with Crippen molar-refractivity contribution in [1.82, 2.24) is 0 Å². The summed E-state index contributed by atoms with van der Waals surface area (Å²) in [7, 11) is 0. The maximum absolute atomic E-state index is 8.14. The normalized spacial score (nSPS) is 7.71. The van der Waals surface area contributed by atoms with Crippen molar-refractivity contribution in [3.63, 3.8) is 0 Å². The highest BCUT2D eigenvalue weighted by Gasteiger charge is 1.99. The molecule has 0 aliphatic carbocycles. The van der Waals surface area contributed by atoms with Gasteiger partial charge in [-0.2, -0.15) is 0 Å². The average Bonchev–Trinajstić information content (AvgIpc) is 1.73. The minimum atomic E-state index is 0.306. The molecule has 1 nitrogen and oxygen atoms in total. The van der Waals surface area contributed by atoms with Gasteiger partial charge >= 0.3 is 21.7 Å². The van der Waals surface area contributed by atoms with Gasteiger partial charge in [-0.3, -0.25) is 0 Å². The predicted octanol–water partition coefficient (Wildman–Crippen LogP) is 0.838. The van der Waals surface area contributed by atoms with Gasteiger partial charge < -0.3 is 5.11 Å². The molecular weight excluding hydrogens is 100 g/mol. The van der Waals surface area contributed by atoms with E-state index in [0.29, 0.717) is 12.5 Å². The fourth-order valence-electron chi connectivity index (χ4n) is 0. The van der Waals surface area contributed by atoms with Gasteiger partial charge in [-0.15, -0.1) is 0 Å². The molecule has 0 aromatic rings. The first-order valence-electron chi connectivity index (χ1n) is 2.59. The van der Waals surface area contributed by atoms with E-state index in [0.717, 1.165) is 0 Å². The Morgan fingerprint density at radius 2 is 1.57 bits per heavy atom. The Hall–Kier alpha value is 0.726. The van der Waals surface area contributed by atoms with Crippen molar-refractivity contribution in [1.29, 1.82) is 0 Å². The molecule has 0 saturated heterocycles. The SMILES string of the molecule is CC(C)CO.[CH3][Mg+2]. The second kappa shape index (κ2) is 9.87. The van der Waals surface area contributed by atoms with Crippen LogP contribution in [0.15, 0.2) is 0 Å². The zero-order valence-electron chi connectivity index (χ0n) is 5.44. The van der Waals surface area contributed by atoms with E-state index in [1.54, 1.807) is 0 Å². The van der Waals surface area contributed by atoms with Gasteiger partial charge in [0.2, 0.25) is 0 Å². The Morgan fingerprint density at radius 3 is 1.57 bits per heavy atom. The summed E-state index contributed by atoms with van der Waals surface area (Å²) in [5, 5.41) is 10.2. The summed E-state index contributed by atoms with van der Waals surface area (Å²) >= 11 is 1.86. The minimum absolute atomic E-state index is 0.306. The lowest BCUT2D eigenvalue weighted by Gasteiger charge is -1.90. The zero-order valence-corrected chi connectivity index (χ0v) is 6.85. The van der Waals surface area contributed by atoms with Crippen LogP contribution in [0.1, 0.15) is 13.8 Å². The van der Waals surface area contributed by atoms with Gasteiger partial charge in [-0.1, -0.05) is 13.8 Å². The van der Waals surface area contributed by atoms with E-state index in [2.05, 4.69) is 0 Å². The topological polar surface area (TPSA) is 20.2 Å². The van der Waals surface area contributed by atoms with Crippen LogP contribution in [-0.4, -0.2) is 33.4 Å². The molecule has 0 atom stereocenters. The summed E-state index contributed by atoms with van der Waals surface area (Å²) in [6.07, 6.45) is 0. The van der Waals surface area contributed by atoms with Crippen molar-refractivity contribution in [2.75, 3.05) is 6.61 Å². The van der Waals surface area contributed by atoms with Crippen LogP contribution < -0.4 is 0 Å². The quantitative estimate of drug-likeness (QED) is 0.500. The van der Waals surface area contributed by atoms with E-state index in [1.165, 1.54) is 0 Å². The summed E-state index contributed by atoms with van der Waals surface area (Å²) in [6, 6.07) is 0. The molecule has 0 spiro atoms. The third kappa shape index (κ3) is 20.2. The van der Waals surface area contributed by atoms with Crippen LogP contribution >= 0.6 is 0 Å². The highest BCUT2D eigenvalue weighted by Crippen LogP contribution is 1.83. The van der Waals surface area contributed by atoms with Gasteiger partial charge in [0, 0.05) is 6.61 Å². The minimum Gasteiger partial charge on any atom is -0.396 e. The maximum Gasteiger partial charge on any atom is 1.41 e. The fourth-order valence-corrected chi connectivity index (χ4v) is 0. The molecule has 0 amide bonds. The average molecular weight is 113 g/mol. The van der Waals surface area contributed by atoms with Gasteiger partial charge in [0.1, 0.15) is 0 Å². The third-order valence-electron chi connectivity index (χ3n) is 0.365. The second-order valence-electron chi connectivity index (χ2n) is 1.58. The van der Waals surface area contributed by atoms with Gasteiger partial charge in [0.25, 0.3) is 5.05 Å². The Bertz CT molecular complexity index is 22.0. The van der Waals surface area contributed by atoms with Crippen molar-refractivity contribution < 1.29 is 5.11 Å². The number of hydrogen-bond acceptors (Lipinski definition) is 1. The van der Waals surface area contributed by atoms with Crippen LogP contribution in [0.4, 0.5) is 0 Å². The molecule has 7 radical (unpaired) electrons. The van der Waals surface area contributed by atoms with Crippen molar-refractivity contribution in [2.24, 2.45) is 5.92 Å².